The van der Waals surface area contributed by atoms with Crippen molar-refractivity contribution in [3.05, 3.63) is 58.7 Å². The Morgan fingerprint density at radius 1 is 1.14 bits per heavy atom. The van der Waals surface area contributed by atoms with Gasteiger partial charge in [0, 0.05) is 23.2 Å². The Hall–Kier alpha value is -2.04. The average Bonchev–Trinajstić information content (AvgIpc) is 2.82. The number of anilines is 1. The van der Waals surface area contributed by atoms with E-state index in [9.17, 15) is 10.2 Å². The number of fused-ring (bicyclic) bond motifs is 5. The summed E-state index contributed by atoms with van der Waals surface area (Å²) in [6.07, 6.45) is 0.250. The molecular formula is C18H19NO3. The maximum atomic E-state index is 11.2. The predicted octanol–water partition coefficient (Wildman–Crippen LogP) is 2.37. The second-order valence-electron chi connectivity index (χ2n) is 6.57. The van der Waals surface area contributed by atoms with Gasteiger partial charge in [-0.15, -0.1) is 0 Å². The third-order valence-corrected chi connectivity index (χ3v) is 4.95. The van der Waals surface area contributed by atoms with E-state index in [1.54, 1.807) is 18.2 Å². The van der Waals surface area contributed by atoms with Gasteiger partial charge in [0.05, 0.1) is 0 Å². The molecule has 4 nitrogen and oxygen atoms in total. The molecule has 1 aliphatic carbocycles. The number of benzene rings is 2. The topological polar surface area (TPSA) is 75.7 Å². The maximum absolute atomic E-state index is 11.2. The Morgan fingerprint density at radius 3 is 2.64 bits per heavy atom. The van der Waals surface area contributed by atoms with Crippen LogP contribution in [0.15, 0.2) is 36.4 Å². The molecule has 4 heteroatoms. The van der Waals surface area contributed by atoms with Crippen LogP contribution in [-0.4, -0.2) is 10.2 Å². The molecule has 22 heavy (non-hydrogen) atoms. The van der Waals surface area contributed by atoms with Crippen molar-refractivity contribution in [3.63, 3.8) is 0 Å². The zero-order valence-electron chi connectivity index (χ0n) is 12.6. The van der Waals surface area contributed by atoms with Crippen molar-refractivity contribution in [2.24, 2.45) is 0 Å². The van der Waals surface area contributed by atoms with Gasteiger partial charge in [-0.2, -0.15) is 0 Å². The first-order valence-corrected chi connectivity index (χ1v) is 7.53. The van der Waals surface area contributed by atoms with Crippen molar-refractivity contribution in [2.75, 3.05) is 5.73 Å². The fourth-order valence-electron chi connectivity index (χ4n) is 3.62. The average molecular weight is 297 g/mol. The summed E-state index contributed by atoms with van der Waals surface area (Å²) in [5.74, 6) is -0.874. The Bertz CT molecular complexity index is 786. The van der Waals surface area contributed by atoms with E-state index in [4.69, 9.17) is 10.5 Å². The van der Waals surface area contributed by atoms with Crippen LogP contribution in [0.1, 0.15) is 42.0 Å². The van der Waals surface area contributed by atoms with Crippen LogP contribution >= 0.6 is 0 Å². The summed E-state index contributed by atoms with van der Waals surface area (Å²) in [7, 11) is 0. The highest BCUT2D eigenvalue weighted by Gasteiger charge is 2.65. The summed E-state index contributed by atoms with van der Waals surface area (Å²) in [5.41, 5.74) is 8.11. The van der Waals surface area contributed by atoms with Crippen LogP contribution in [-0.2, 0) is 17.8 Å². The summed E-state index contributed by atoms with van der Waals surface area (Å²) in [6, 6.07) is 11.0. The van der Waals surface area contributed by atoms with E-state index in [0.29, 0.717) is 28.5 Å². The molecule has 0 spiro atoms. The first kappa shape index (κ1) is 13.6. The van der Waals surface area contributed by atoms with Gasteiger partial charge in [-0.1, -0.05) is 38.1 Å². The number of aliphatic hydroxyl groups is 2. The molecule has 4 rings (SSSR count). The lowest BCUT2D eigenvalue weighted by molar-refractivity contribution is -0.242. The maximum Gasteiger partial charge on any atom is 0.269 e. The van der Waals surface area contributed by atoms with Crippen LogP contribution in [0.2, 0.25) is 0 Å². The van der Waals surface area contributed by atoms with Crippen molar-refractivity contribution in [2.45, 2.75) is 37.6 Å². The van der Waals surface area contributed by atoms with E-state index in [0.717, 1.165) is 11.1 Å². The molecule has 1 aliphatic heterocycles. The van der Waals surface area contributed by atoms with E-state index < -0.39 is 11.4 Å². The van der Waals surface area contributed by atoms with Gasteiger partial charge in [-0.3, -0.25) is 0 Å². The quantitative estimate of drug-likeness (QED) is 0.706. The molecule has 0 bridgehead atoms. The van der Waals surface area contributed by atoms with Crippen molar-refractivity contribution in [1.82, 2.24) is 0 Å². The molecule has 2 aliphatic rings. The zero-order valence-corrected chi connectivity index (χ0v) is 12.6. The number of ether oxygens (including phenoxy) is 1. The van der Waals surface area contributed by atoms with E-state index in [-0.39, 0.29) is 6.42 Å². The summed E-state index contributed by atoms with van der Waals surface area (Å²) in [5, 5.41) is 22.3. The fraction of sp³-hybridized carbons (Fsp3) is 0.333. The van der Waals surface area contributed by atoms with Gasteiger partial charge in [-0.05, 0) is 29.2 Å². The number of rotatable bonds is 1. The number of nitrogen functional groups attached to an aromatic ring is 1. The first-order chi connectivity index (χ1) is 10.4. The molecule has 4 N–H and O–H groups in total. The van der Waals surface area contributed by atoms with Gasteiger partial charge in [0.25, 0.3) is 5.79 Å². The van der Waals surface area contributed by atoms with Gasteiger partial charge in [0.2, 0.25) is 0 Å². The van der Waals surface area contributed by atoms with Crippen LogP contribution < -0.4 is 10.5 Å². The first-order valence-electron chi connectivity index (χ1n) is 7.53. The van der Waals surface area contributed by atoms with Gasteiger partial charge in [-0.25, -0.2) is 0 Å². The standard InChI is InChI=1S/C18H19NO3/c1-10(2)11-6-7-14-16(8-11)22-18(21)13-4-3-5-15(19)12(13)9-17(14,18)20/h3-8,10,20-21H,9,19H2,1-2H3. The van der Waals surface area contributed by atoms with Crippen molar-refractivity contribution < 1.29 is 14.9 Å². The summed E-state index contributed by atoms with van der Waals surface area (Å²) >= 11 is 0. The molecule has 0 amide bonds. The highest BCUT2D eigenvalue weighted by molar-refractivity contribution is 5.62. The number of hydrogen-bond donors (Lipinski definition) is 3. The normalized spacial score (nSPS) is 28.2. The zero-order chi connectivity index (χ0) is 15.7. The third-order valence-electron chi connectivity index (χ3n) is 4.95. The summed E-state index contributed by atoms with van der Waals surface area (Å²) < 4.78 is 5.84. The molecule has 2 atom stereocenters. The lowest BCUT2D eigenvalue weighted by atomic mass is 9.87. The Kier molecular flexibility index (Phi) is 2.49. The molecule has 2 unspecified atom stereocenters. The third kappa shape index (κ3) is 1.44. The van der Waals surface area contributed by atoms with Gasteiger partial charge in [0.15, 0.2) is 5.60 Å². The minimum Gasteiger partial charge on any atom is -0.454 e. The Morgan fingerprint density at radius 2 is 1.91 bits per heavy atom. The van der Waals surface area contributed by atoms with Crippen LogP contribution in [0.5, 0.6) is 5.75 Å². The molecule has 0 saturated carbocycles. The second-order valence-corrected chi connectivity index (χ2v) is 6.57. The largest absolute Gasteiger partial charge is 0.454 e. The minimum atomic E-state index is -1.77. The molecule has 0 fully saturated rings. The van der Waals surface area contributed by atoms with Crippen LogP contribution in [0, 0.1) is 0 Å². The van der Waals surface area contributed by atoms with Gasteiger partial charge >= 0.3 is 0 Å². The molecule has 2 aromatic carbocycles. The van der Waals surface area contributed by atoms with Crippen molar-refractivity contribution in [1.29, 1.82) is 0 Å². The minimum absolute atomic E-state index is 0.250. The highest BCUT2D eigenvalue weighted by atomic mass is 16.7. The Balaban J connectivity index is 1.91. The highest BCUT2D eigenvalue weighted by Crippen LogP contribution is 2.59. The molecular weight excluding hydrogens is 278 g/mol. The van der Waals surface area contributed by atoms with E-state index in [2.05, 4.69) is 13.8 Å². The lowest BCUT2D eigenvalue weighted by Gasteiger charge is -2.30. The van der Waals surface area contributed by atoms with E-state index in [1.807, 2.05) is 18.2 Å². The molecule has 0 saturated heterocycles. The number of nitrogens with two attached hydrogens (primary N) is 1. The molecule has 2 aromatic rings. The lowest BCUT2D eigenvalue weighted by Crippen LogP contribution is -2.45. The SMILES string of the molecule is CC(C)c1ccc2c(c1)OC1(O)c3cccc(N)c3CC21O. The van der Waals surface area contributed by atoms with Gasteiger partial charge in [0.1, 0.15) is 5.75 Å². The van der Waals surface area contributed by atoms with Crippen LogP contribution in [0.3, 0.4) is 0 Å². The van der Waals surface area contributed by atoms with Crippen molar-refractivity contribution >= 4 is 5.69 Å². The molecule has 114 valence electrons. The summed E-state index contributed by atoms with van der Waals surface area (Å²) in [6.45, 7) is 4.19. The second kappa shape index (κ2) is 4.03. The Labute approximate surface area is 129 Å². The van der Waals surface area contributed by atoms with Crippen LogP contribution in [0.4, 0.5) is 5.69 Å². The predicted molar refractivity (Wildman–Crippen MR) is 83.5 cm³/mol. The smallest absolute Gasteiger partial charge is 0.269 e. The molecule has 1 heterocycles. The van der Waals surface area contributed by atoms with Crippen molar-refractivity contribution in [3.8, 4) is 5.75 Å². The monoisotopic (exact) mass is 297 g/mol. The molecule has 0 radical (unpaired) electrons. The van der Waals surface area contributed by atoms with E-state index >= 15 is 0 Å². The fourth-order valence-corrected chi connectivity index (χ4v) is 3.62. The van der Waals surface area contributed by atoms with Gasteiger partial charge < -0.3 is 20.7 Å². The van der Waals surface area contributed by atoms with Crippen LogP contribution in [0.25, 0.3) is 0 Å². The number of hydrogen-bond acceptors (Lipinski definition) is 4. The summed E-state index contributed by atoms with van der Waals surface area (Å²) in [4.78, 5) is 0. The molecule has 0 aromatic heterocycles. The van der Waals surface area contributed by atoms with E-state index in [1.165, 1.54) is 0 Å².